The highest BCUT2D eigenvalue weighted by Crippen LogP contribution is 2.28. The van der Waals surface area contributed by atoms with Crippen molar-refractivity contribution in [2.75, 3.05) is 11.9 Å². The van der Waals surface area contributed by atoms with Gasteiger partial charge in [0.25, 0.3) is 5.91 Å². The molecular weight excluding hydrogens is 403 g/mol. The van der Waals surface area contributed by atoms with Gasteiger partial charge in [0.1, 0.15) is 11.4 Å². The van der Waals surface area contributed by atoms with Crippen LogP contribution in [0.15, 0.2) is 18.2 Å². The van der Waals surface area contributed by atoms with Crippen LogP contribution in [0.25, 0.3) is 0 Å². The number of carbonyl (C=O) groups excluding carboxylic acids is 2. The number of rotatable bonds is 2. The van der Waals surface area contributed by atoms with Crippen LogP contribution in [0.4, 0.5) is 10.6 Å². The van der Waals surface area contributed by atoms with E-state index in [1.165, 1.54) is 6.07 Å². The molecule has 0 unspecified atom stereocenters. The van der Waals surface area contributed by atoms with Gasteiger partial charge >= 0.3 is 6.09 Å². The lowest BCUT2D eigenvalue weighted by Gasteiger charge is -2.29. The maximum atomic E-state index is 12.7. The molecule has 0 spiro atoms. The molecule has 1 N–H and O–H groups in total. The number of hydrogen-bond donors (Lipinski definition) is 1. The molecule has 9 heteroatoms. The predicted molar refractivity (Wildman–Crippen MR) is 108 cm³/mol. The quantitative estimate of drug-likeness (QED) is 0.780. The third-order valence-electron chi connectivity index (χ3n) is 4.25. The van der Waals surface area contributed by atoms with Gasteiger partial charge in [-0.25, -0.2) is 4.79 Å². The second kappa shape index (κ2) is 7.64. The molecule has 0 atom stereocenters. The Morgan fingerprint density at radius 3 is 2.64 bits per heavy atom. The van der Waals surface area contributed by atoms with Gasteiger partial charge in [0.05, 0.1) is 22.8 Å². The van der Waals surface area contributed by atoms with Gasteiger partial charge in [-0.2, -0.15) is 5.10 Å². The van der Waals surface area contributed by atoms with E-state index >= 15 is 0 Å². The summed E-state index contributed by atoms with van der Waals surface area (Å²) in [6.45, 7) is 6.28. The molecule has 2 heterocycles. The number of aryl methyl sites for hydroxylation is 1. The van der Waals surface area contributed by atoms with E-state index in [-0.39, 0.29) is 5.56 Å². The number of fused-ring (bicyclic) bond motifs is 1. The fourth-order valence-electron chi connectivity index (χ4n) is 2.99. The molecule has 2 aromatic rings. The zero-order chi connectivity index (χ0) is 20.6. The monoisotopic (exact) mass is 424 g/mol. The number of nitrogens with one attached hydrogen (secondary N) is 1. The van der Waals surface area contributed by atoms with Gasteiger partial charge in [0, 0.05) is 30.6 Å². The van der Waals surface area contributed by atoms with Crippen LogP contribution >= 0.6 is 23.2 Å². The molecule has 2 amide bonds. The van der Waals surface area contributed by atoms with E-state index in [0.717, 1.165) is 11.3 Å². The first-order chi connectivity index (χ1) is 13.0. The van der Waals surface area contributed by atoms with E-state index in [4.69, 9.17) is 27.9 Å². The molecule has 0 saturated heterocycles. The fourth-order valence-corrected chi connectivity index (χ4v) is 3.36. The molecule has 28 heavy (non-hydrogen) atoms. The Bertz CT molecular complexity index is 934. The van der Waals surface area contributed by atoms with Crippen molar-refractivity contribution in [1.29, 1.82) is 0 Å². The Hall–Kier alpha value is -2.25. The number of amides is 2. The number of nitrogens with zero attached hydrogens (tertiary/aromatic N) is 3. The summed E-state index contributed by atoms with van der Waals surface area (Å²) in [5.74, 6) is 0.122. The molecule has 0 radical (unpaired) electrons. The maximum Gasteiger partial charge on any atom is 0.410 e. The van der Waals surface area contributed by atoms with Gasteiger partial charge in [-0.05, 0) is 39.0 Å². The molecular formula is C19H22Cl2N4O3. The Morgan fingerprint density at radius 2 is 1.96 bits per heavy atom. The molecule has 1 aromatic carbocycles. The number of anilines is 1. The van der Waals surface area contributed by atoms with Crippen LogP contribution in [0.1, 0.15) is 42.4 Å². The third-order valence-corrected chi connectivity index (χ3v) is 4.82. The van der Waals surface area contributed by atoms with Crippen molar-refractivity contribution in [2.24, 2.45) is 7.05 Å². The highest BCUT2D eigenvalue weighted by Gasteiger charge is 2.30. The lowest BCUT2D eigenvalue weighted by molar-refractivity contribution is 0.0224. The second-order valence-electron chi connectivity index (χ2n) is 7.63. The van der Waals surface area contributed by atoms with E-state index in [1.54, 1.807) is 28.8 Å². The van der Waals surface area contributed by atoms with Crippen LogP contribution < -0.4 is 5.32 Å². The molecule has 3 rings (SSSR count). The van der Waals surface area contributed by atoms with E-state index in [0.29, 0.717) is 35.4 Å². The van der Waals surface area contributed by atoms with Gasteiger partial charge < -0.3 is 15.0 Å². The number of carbonyl (C=O) groups is 2. The smallest absolute Gasteiger partial charge is 0.410 e. The molecule has 1 aliphatic rings. The van der Waals surface area contributed by atoms with Gasteiger partial charge in [-0.1, -0.05) is 23.2 Å². The highest BCUT2D eigenvalue weighted by atomic mass is 35.5. The zero-order valence-corrected chi connectivity index (χ0v) is 17.7. The summed E-state index contributed by atoms with van der Waals surface area (Å²) >= 11 is 12.1. The summed E-state index contributed by atoms with van der Waals surface area (Å²) in [6, 6.07) is 4.70. The molecule has 150 valence electrons. The first-order valence-electron chi connectivity index (χ1n) is 8.84. The van der Waals surface area contributed by atoms with Gasteiger partial charge in [-0.3, -0.25) is 9.48 Å². The summed E-state index contributed by atoms with van der Waals surface area (Å²) in [4.78, 5) is 26.8. The molecule has 0 saturated carbocycles. The Labute approximate surface area is 173 Å². The fraction of sp³-hybridized carbons (Fsp3) is 0.421. The maximum absolute atomic E-state index is 12.7. The van der Waals surface area contributed by atoms with Crippen molar-refractivity contribution >= 4 is 41.0 Å². The van der Waals surface area contributed by atoms with Crippen LogP contribution in [0.2, 0.25) is 10.0 Å². The van der Waals surface area contributed by atoms with Crippen LogP contribution in [0, 0.1) is 0 Å². The van der Waals surface area contributed by atoms with E-state index in [2.05, 4.69) is 10.4 Å². The van der Waals surface area contributed by atoms with Crippen LogP contribution in [-0.4, -0.2) is 38.8 Å². The van der Waals surface area contributed by atoms with Crippen LogP contribution in [0.3, 0.4) is 0 Å². The van der Waals surface area contributed by atoms with E-state index in [1.807, 2.05) is 20.8 Å². The minimum absolute atomic E-state index is 0.268. The summed E-state index contributed by atoms with van der Waals surface area (Å²) in [5, 5.41) is 8.03. The van der Waals surface area contributed by atoms with E-state index in [9.17, 15) is 9.59 Å². The summed E-state index contributed by atoms with van der Waals surface area (Å²) in [7, 11) is 1.74. The number of ether oxygens (including phenoxy) is 1. The number of hydrogen-bond acceptors (Lipinski definition) is 4. The normalized spacial score (nSPS) is 13.9. The standard InChI is InChI=1S/C19H22Cl2N4O3/c1-19(2,3)28-18(27)25-8-7-15-13(10-25)16(24(4)23-15)22-17(26)12-9-11(20)5-6-14(12)21/h5-6,9H,7-8,10H2,1-4H3,(H,22,26). The zero-order valence-electron chi connectivity index (χ0n) is 16.2. The van der Waals surface area contributed by atoms with Crippen molar-refractivity contribution in [1.82, 2.24) is 14.7 Å². The minimum atomic E-state index is -0.577. The summed E-state index contributed by atoms with van der Waals surface area (Å²) < 4.78 is 7.06. The van der Waals surface area contributed by atoms with Gasteiger partial charge in [0.15, 0.2) is 0 Å². The Balaban J connectivity index is 1.83. The first-order valence-corrected chi connectivity index (χ1v) is 9.60. The first kappa shape index (κ1) is 20.5. The number of halogens is 2. The summed E-state index contributed by atoms with van der Waals surface area (Å²) in [6.07, 6.45) is 0.188. The van der Waals surface area contributed by atoms with E-state index < -0.39 is 17.6 Å². The summed E-state index contributed by atoms with van der Waals surface area (Å²) in [5.41, 5.74) is 1.32. The van der Waals surface area contributed by atoms with Crippen molar-refractivity contribution < 1.29 is 14.3 Å². The van der Waals surface area contributed by atoms with Crippen molar-refractivity contribution in [3.63, 3.8) is 0 Å². The third kappa shape index (κ3) is 4.42. The SMILES string of the molecule is Cn1nc2c(c1NC(=O)c1cc(Cl)ccc1Cl)CN(C(=O)OC(C)(C)C)CC2. The van der Waals surface area contributed by atoms with Crippen molar-refractivity contribution in [2.45, 2.75) is 39.3 Å². The molecule has 0 aliphatic carbocycles. The molecule has 7 nitrogen and oxygen atoms in total. The Kier molecular flexibility index (Phi) is 5.59. The second-order valence-corrected chi connectivity index (χ2v) is 8.47. The van der Waals surface area contributed by atoms with Crippen molar-refractivity contribution in [3.05, 3.63) is 45.1 Å². The van der Waals surface area contributed by atoms with Gasteiger partial charge in [0.2, 0.25) is 0 Å². The number of benzene rings is 1. The number of aromatic nitrogens is 2. The van der Waals surface area contributed by atoms with Crippen LogP contribution in [0.5, 0.6) is 0 Å². The van der Waals surface area contributed by atoms with Crippen LogP contribution in [-0.2, 0) is 24.8 Å². The lowest BCUT2D eigenvalue weighted by atomic mass is 10.1. The molecule has 1 aliphatic heterocycles. The predicted octanol–water partition coefficient (Wildman–Crippen LogP) is 4.27. The largest absolute Gasteiger partial charge is 0.444 e. The average molecular weight is 425 g/mol. The van der Waals surface area contributed by atoms with Gasteiger partial charge in [-0.15, -0.1) is 0 Å². The molecule has 0 fully saturated rings. The van der Waals surface area contributed by atoms with Crippen molar-refractivity contribution in [3.8, 4) is 0 Å². The topological polar surface area (TPSA) is 76.5 Å². The molecule has 0 bridgehead atoms. The molecule has 1 aromatic heterocycles. The minimum Gasteiger partial charge on any atom is -0.444 e. The lowest BCUT2D eigenvalue weighted by Crippen LogP contribution is -2.40. The average Bonchev–Trinajstić information content (AvgIpc) is 2.90. The highest BCUT2D eigenvalue weighted by molar-refractivity contribution is 6.36. The Morgan fingerprint density at radius 1 is 1.25 bits per heavy atom.